The summed E-state index contributed by atoms with van der Waals surface area (Å²) in [6.45, 7) is 4.36. The van der Waals surface area contributed by atoms with Crippen molar-refractivity contribution in [2.45, 2.75) is 443 Å². The van der Waals surface area contributed by atoms with E-state index in [1.165, 1.54) is 379 Å². The standard InChI is InChI=1S/C75H147NO3/c1-3-5-7-9-11-13-15-17-19-21-23-25-27-29-31-33-34-35-36-37-38-39-40-41-42-43-45-47-49-51-53-55-57-59-61-63-65-67-69-71-75(79)76-73(72-77)74(78)70-68-66-64-62-60-58-56-54-52-50-48-46-44-32-30-28-26-24-22-20-18-16-14-12-10-8-6-4-2/h60,62,68,70,73-74,77-78H,3-59,61,63-67,69,71-72H2,1-2H3,(H,76,79)/b62-60+,70-68+. The van der Waals surface area contributed by atoms with Gasteiger partial charge in [0, 0.05) is 6.42 Å². The number of rotatable bonds is 70. The molecule has 3 N–H and O–H groups in total. The van der Waals surface area contributed by atoms with Crippen LogP contribution in [0.2, 0.25) is 0 Å². The summed E-state index contributed by atoms with van der Waals surface area (Å²) in [5, 5.41) is 23.3. The van der Waals surface area contributed by atoms with Crippen molar-refractivity contribution in [3.63, 3.8) is 0 Å². The van der Waals surface area contributed by atoms with Gasteiger partial charge in [0.05, 0.1) is 18.8 Å². The van der Waals surface area contributed by atoms with Gasteiger partial charge in [0.2, 0.25) is 5.91 Å². The predicted octanol–water partition coefficient (Wildman–Crippen LogP) is 25.3. The third-order valence-electron chi connectivity index (χ3n) is 17.7. The fraction of sp³-hybridized carbons (Fsp3) is 0.933. The van der Waals surface area contributed by atoms with Crippen molar-refractivity contribution in [1.82, 2.24) is 5.32 Å². The smallest absolute Gasteiger partial charge is 0.220 e. The SMILES string of the molecule is CCCCCCCCCCCCCCCCCCCCCCCC/C=C/CC/C=C/C(O)C(CO)NC(=O)CCCCCCCCCCCCCCCCCCCCCCCCCCCCCCCCCCCCCCCCC. The first-order valence-electron chi connectivity index (χ1n) is 37.1. The van der Waals surface area contributed by atoms with E-state index in [9.17, 15) is 15.0 Å². The molecule has 0 aromatic carbocycles. The molecule has 0 saturated heterocycles. The molecular weight excluding hydrogens is 963 g/mol. The highest BCUT2D eigenvalue weighted by Crippen LogP contribution is 2.20. The molecule has 0 aliphatic rings. The maximum absolute atomic E-state index is 12.5. The van der Waals surface area contributed by atoms with Crippen molar-refractivity contribution in [2.75, 3.05) is 6.61 Å². The number of hydrogen-bond acceptors (Lipinski definition) is 3. The van der Waals surface area contributed by atoms with Gasteiger partial charge < -0.3 is 15.5 Å². The number of carbonyl (C=O) groups is 1. The van der Waals surface area contributed by atoms with E-state index in [4.69, 9.17) is 0 Å². The van der Waals surface area contributed by atoms with Crippen molar-refractivity contribution < 1.29 is 15.0 Å². The Balaban J connectivity index is 3.40. The van der Waals surface area contributed by atoms with Crippen LogP contribution in [0.4, 0.5) is 0 Å². The van der Waals surface area contributed by atoms with Crippen LogP contribution in [-0.4, -0.2) is 34.9 Å². The first-order chi connectivity index (χ1) is 39.2. The molecule has 1 amide bonds. The monoisotopic (exact) mass is 1110 g/mol. The summed E-state index contributed by atoms with van der Waals surface area (Å²) in [6, 6.07) is -0.638. The first kappa shape index (κ1) is 77.9. The van der Waals surface area contributed by atoms with Crippen LogP contribution in [0.3, 0.4) is 0 Å². The minimum Gasteiger partial charge on any atom is -0.394 e. The molecule has 0 spiro atoms. The summed E-state index contributed by atoms with van der Waals surface area (Å²) in [5.74, 6) is -0.0635. The zero-order chi connectivity index (χ0) is 56.9. The number of allylic oxidation sites excluding steroid dienone is 3. The van der Waals surface area contributed by atoms with Gasteiger partial charge in [-0.25, -0.2) is 0 Å². The van der Waals surface area contributed by atoms with Crippen LogP contribution in [0, 0.1) is 0 Å². The molecule has 4 nitrogen and oxygen atoms in total. The number of unbranched alkanes of at least 4 members (excludes halogenated alkanes) is 61. The fourth-order valence-corrected chi connectivity index (χ4v) is 12.1. The summed E-state index contributed by atoms with van der Waals surface area (Å²) < 4.78 is 0. The van der Waals surface area contributed by atoms with Crippen LogP contribution in [0.1, 0.15) is 431 Å². The molecule has 2 unspecified atom stereocenters. The molecule has 0 aliphatic carbocycles. The first-order valence-corrected chi connectivity index (χ1v) is 37.1. The molecule has 0 heterocycles. The zero-order valence-corrected chi connectivity index (χ0v) is 54.4. The predicted molar refractivity (Wildman–Crippen MR) is 355 cm³/mol. The molecule has 79 heavy (non-hydrogen) atoms. The highest BCUT2D eigenvalue weighted by molar-refractivity contribution is 5.76. The lowest BCUT2D eigenvalue weighted by molar-refractivity contribution is -0.123. The number of aliphatic hydroxyl groups excluding tert-OH is 2. The Morgan fingerprint density at radius 1 is 0.291 bits per heavy atom. The largest absolute Gasteiger partial charge is 0.394 e. The van der Waals surface area contributed by atoms with E-state index in [1.807, 2.05) is 6.08 Å². The summed E-state index contributed by atoms with van der Waals surface area (Å²) in [5.41, 5.74) is 0. The van der Waals surface area contributed by atoms with Gasteiger partial charge in [-0.2, -0.15) is 0 Å². The number of hydrogen-bond donors (Lipinski definition) is 3. The minimum atomic E-state index is -0.861. The van der Waals surface area contributed by atoms with Gasteiger partial charge in [0.15, 0.2) is 0 Å². The van der Waals surface area contributed by atoms with E-state index in [-0.39, 0.29) is 12.5 Å². The van der Waals surface area contributed by atoms with E-state index in [2.05, 4.69) is 31.3 Å². The van der Waals surface area contributed by atoms with E-state index in [0.717, 1.165) is 32.1 Å². The normalized spacial score (nSPS) is 12.7. The van der Waals surface area contributed by atoms with Crippen LogP contribution in [-0.2, 0) is 4.79 Å². The molecule has 0 aliphatic heterocycles. The van der Waals surface area contributed by atoms with Crippen LogP contribution >= 0.6 is 0 Å². The summed E-state index contributed by atoms with van der Waals surface area (Å²) in [6.07, 6.45) is 97.4. The number of nitrogens with one attached hydrogen (secondary N) is 1. The lowest BCUT2D eigenvalue weighted by Crippen LogP contribution is -2.45. The summed E-state index contributed by atoms with van der Waals surface area (Å²) >= 11 is 0. The summed E-state index contributed by atoms with van der Waals surface area (Å²) in [4.78, 5) is 12.5. The average Bonchev–Trinajstić information content (AvgIpc) is 3.45. The molecule has 2 atom stereocenters. The number of amides is 1. The van der Waals surface area contributed by atoms with Crippen molar-refractivity contribution in [3.8, 4) is 0 Å². The Morgan fingerprint density at radius 2 is 0.494 bits per heavy atom. The minimum absolute atomic E-state index is 0.0635. The van der Waals surface area contributed by atoms with E-state index < -0.39 is 12.1 Å². The molecule has 4 heteroatoms. The van der Waals surface area contributed by atoms with Gasteiger partial charge in [-0.3, -0.25) is 4.79 Å². The van der Waals surface area contributed by atoms with Crippen molar-refractivity contribution in [1.29, 1.82) is 0 Å². The molecule has 0 radical (unpaired) electrons. The Bertz CT molecular complexity index is 1170. The Labute approximate surface area is 498 Å². The van der Waals surface area contributed by atoms with Gasteiger partial charge in [0.1, 0.15) is 0 Å². The third-order valence-corrected chi connectivity index (χ3v) is 17.7. The molecule has 0 fully saturated rings. The Morgan fingerprint density at radius 3 is 0.734 bits per heavy atom. The zero-order valence-electron chi connectivity index (χ0n) is 54.4. The second kappa shape index (κ2) is 71.1. The van der Waals surface area contributed by atoms with Crippen LogP contribution < -0.4 is 5.32 Å². The van der Waals surface area contributed by atoms with E-state index in [0.29, 0.717) is 6.42 Å². The maximum atomic E-state index is 12.5. The quantitative estimate of drug-likeness (QED) is 0.0420. The van der Waals surface area contributed by atoms with E-state index >= 15 is 0 Å². The highest BCUT2D eigenvalue weighted by atomic mass is 16.3. The molecular formula is C75H147NO3. The number of aliphatic hydroxyl groups is 2. The molecule has 0 bridgehead atoms. The van der Waals surface area contributed by atoms with Gasteiger partial charge in [-0.05, 0) is 32.1 Å². The van der Waals surface area contributed by atoms with Crippen molar-refractivity contribution in [3.05, 3.63) is 24.3 Å². The van der Waals surface area contributed by atoms with Gasteiger partial charge in [0.25, 0.3) is 0 Å². The Kier molecular flexibility index (Phi) is 70.1. The molecule has 0 aromatic heterocycles. The highest BCUT2D eigenvalue weighted by Gasteiger charge is 2.18. The summed E-state index contributed by atoms with van der Waals surface area (Å²) in [7, 11) is 0. The fourth-order valence-electron chi connectivity index (χ4n) is 12.1. The van der Waals surface area contributed by atoms with Gasteiger partial charge >= 0.3 is 0 Å². The Hall–Kier alpha value is -1.13. The second-order valence-electron chi connectivity index (χ2n) is 25.7. The lowest BCUT2D eigenvalue weighted by Gasteiger charge is -2.19. The topological polar surface area (TPSA) is 69.6 Å². The van der Waals surface area contributed by atoms with Crippen molar-refractivity contribution in [2.24, 2.45) is 0 Å². The van der Waals surface area contributed by atoms with Crippen molar-refractivity contribution >= 4 is 5.91 Å². The van der Waals surface area contributed by atoms with Crippen LogP contribution in [0.25, 0.3) is 0 Å². The second-order valence-corrected chi connectivity index (χ2v) is 25.7. The third kappa shape index (κ3) is 67.5. The van der Waals surface area contributed by atoms with Gasteiger partial charge in [-0.1, -0.05) is 417 Å². The molecule has 0 aromatic rings. The average molecular weight is 1110 g/mol. The number of carbonyl (C=O) groups excluding carboxylic acids is 1. The molecule has 0 saturated carbocycles. The van der Waals surface area contributed by atoms with Crippen LogP contribution in [0.15, 0.2) is 24.3 Å². The molecule has 0 rings (SSSR count). The molecule has 470 valence electrons. The lowest BCUT2D eigenvalue weighted by atomic mass is 10.0. The maximum Gasteiger partial charge on any atom is 0.220 e. The van der Waals surface area contributed by atoms with Crippen LogP contribution in [0.5, 0.6) is 0 Å². The van der Waals surface area contributed by atoms with Gasteiger partial charge in [-0.15, -0.1) is 0 Å². The van der Waals surface area contributed by atoms with E-state index in [1.54, 1.807) is 6.08 Å².